The average molecular weight is 364 g/mol. The predicted octanol–water partition coefficient (Wildman–Crippen LogP) is 4.75. The van der Waals surface area contributed by atoms with Crippen LogP contribution in [0.2, 0.25) is 0 Å². The highest BCUT2D eigenvalue weighted by Crippen LogP contribution is 2.40. The predicted molar refractivity (Wildman–Crippen MR) is 98.3 cm³/mol. The summed E-state index contributed by atoms with van der Waals surface area (Å²) >= 11 is 2.91. The number of fused-ring (bicyclic) bond motifs is 1. The summed E-state index contributed by atoms with van der Waals surface area (Å²) in [6, 6.07) is 3.62. The van der Waals surface area contributed by atoms with Crippen LogP contribution in [0.25, 0.3) is 0 Å². The second kappa shape index (κ2) is 7.07. The number of rotatable bonds is 4. The first-order chi connectivity index (χ1) is 11.5. The summed E-state index contributed by atoms with van der Waals surface area (Å²) in [6.45, 7) is 5.89. The van der Waals surface area contributed by atoms with E-state index in [0.29, 0.717) is 21.4 Å². The Labute approximate surface area is 149 Å². The van der Waals surface area contributed by atoms with E-state index in [9.17, 15) is 9.59 Å². The Kier molecular flexibility index (Phi) is 5.06. The van der Waals surface area contributed by atoms with Crippen LogP contribution in [0, 0.1) is 5.92 Å². The molecule has 128 valence electrons. The zero-order valence-electron chi connectivity index (χ0n) is 14.0. The molecule has 1 aliphatic rings. The molecule has 2 aromatic rings. The number of ether oxygens (including phenoxy) is 1. The Bertz CT molecular complexity index is 747. The number of thiophene rings is 2. The van der Waals surface area contributed by atoms with Gasteiger partial charge in [-0.15, -0.1) is 22.7 Å². The Morgan fingerprint density at radius 3 is 2.83 bits per heavy atom. The lowest BCUT2D eigenvalue weighted by Gasteiger charge is -2.18. The van der Waals surface area contributed by atoms with Crippen LogP contribution in [0.1, 0.15) is 57.7 Å². The van der Waals surface area contributed by atoms with Gasteiger partial charge in [-0.2, -0.15) is 0 Å². The standard InChI is InChI=1S/C18H21NO3S2/c1-10(2)22-18(21)15-12-7-6-11(3)9-14(12)24-17(15)19-16(20)13-5-4-8-23-13/h4-5,8,10-11H,6-7,9H2,1-3H3,(H,19,20)/t11-/m1/s1. The largest absolute Gasteiger partial charge is 0.459 e. The maximum absolute atomic E-state index is 12.6. The minimum absolute atomic E-state index is 0.171. The molecule has 6 heteroatoms. The fourth-order valence-electron chi connectivity index (χ4n) is 2.90. The number of amides is 1. The van der Waals surface area contributed by atoms with E-state index in [4.69, 9.17) is 4.74 Å². The smallest absolute Gasteiger partial charge is 0.341 e. The maximum atomic E-state index is 12.6. The number of carbonyl (C=O) groups is 2. The van der Waals surface area contributed by atoms with E-state index in [-0.39, 0.29) is 18.0 Å². The van der Waals surface area contributed by atoms with Crippen LogP contribution in [0.15, 0.2) is 17.5 Å². The Balaban J connectivity index is 1.95. The van der Waals surface area contributed by atoms with Crippen molar-refractivity contribution < 1.29 is 14.3 Å². The lowest BCUT2D eigenvalue weighted by molar-refractivity contribution is 0.0378. The van der Waals surface area contributed by atoms with Crippen molar-refractivity contribution in [2.45, 2.75) is 46.1 Å². The van der Waals surface area contributed by atoms with Crippen molar-refractivity contribution in [3.63, 3.8) is 0 Å². The number of esters is 1. The average Bonchev–Trinajstić information content (AvgIpc) is 3.12. The zero-order chi connectivity index (χ0) is 17.3. The third kappa shape index (κ3) is 3.54. The summed E-state index contributed by atoms with van der Waals surface area (Å²) in [7, 11) is 0. The second-order valence-electron chi connectivity index (χ2n) is 6.44. The molecular formula is C18H21NO3S2. The second-order valence-corrected chi connectivity index (χ2v) is 8.49. The Hall–Kier alpha value is -1.66. The number of nitrogens with one attached hydrogen (secondary N) is 1. The van der Waals surface area contributed by atoms with Crippen molar-refractivity contribution in [1.29, 1.82) is 0 Å². The molecule has 4 nitrogen and oxygen atoms in total. The highest BCUT2D eigenvalue weighted by atomic mass is 32.1. The highest BCUT2D eigenvalue weighted by molar-refractivity contribution is 7.17. The molecule has 2 aromatic heterocycles. The molecule has 0 saturated heterocycles. The van der Waals surface area contributed by atoms with Gasteiger partial charge in [-0.1, -0.05) is 13.0 Å². The summed E-state index contributed by atoms with van der Waals surface area (Å²) in [5, 5.41) is 5.42. The van der Waals surface area contributed by atoms with Crippen LogP contribution >= 0.6 is 22.7 Å². The third-order valence-corrected chi connectivity index (χ3v) is 6.07. The first-order valence-electron chi connectivity index (χ1n) is 8.16. The van der Waals surface area contributed by atoms with Crippen LogP contribution in [0.5, 0.6) is 0 Å². The van der Waals surface area contributed by atoms with Crippen molar-refractivity contribution in [1.82, 2.24) is 0 Å². The molecule has 1 amide bonds. The minimum Gasteiger partial charge on any atom is -0.459 e. The van der Waals surface area contributed by atoms with Gasteiger partial charge in [0.15, 0.2) is 0 Å². The summed E-state index contributed by atoms with van der Waals surface area (Å²) in [5.74, 6) is 0.0970. The van der Waals surface area contributed by atoms with Crippen LogP contribution in [0.3, 0.4) is 0 Å². The third-order valence-electron chi connectivity index (χ3n) is 4.03. The molecule has 0 spiro atoms. The molecule has 0 aliphatic heterocycles. The number of hydrogen-bond donors (Lipinski definition) is 1. The first kappa shape index (κ1) is 17.2. The molecule has 1 N–H and O–H groups in total. The molecular weight excluding hydrogens is 342 g/mol. The van der Waals surface area contributed by atoms with Gasteiger partial charge >= 0.3 is 5.97 Å². The normalized spacial score (nSPS) is 16.8. The topological polar surface area (TPSA) is 55.4 Å². The van der Waals surface area contributed by atoms with Crippen molar-refractivity contribution >= 4 is 39.6 Å². The summed E-state index contributed by atoms with van der Waals surface area (Å²) in [5.41, 5.74) is 1.62. The Morgan fingerprint density at radius 2 is 2.17 bits per heavy atom. The Morgan fingerprint density at radius 1 is 1.38 bits per heavy atom. The summed E-state index contributed by atoms with van der Waals surface area (Å²) < 4.78 is 5.42. The summed E-state index contributed by atoms with van der Waals surface area (Å²) in [6.07, 6.45) is 2.70. The quantitative estimate of drug-likeness (QED) is 0.798. The lowest BCUT2D eigenvalue weighted by atomic mass is 9.88. The van der Waals surface area contributed by atoms with E-state index in [1.165, 1.54) is 27.6 Å². The van der Waals surface area contributed by atoms with Gasteiger partial charge in [0.1, 0.15) is 5.00 Å². The van der Waals surface area contributed by atoms with E-state index >= 15 is 0 Å². The van der Waals surface area contributed by atoms with Crippen LogP contribution in [0.4, 0.5) is 5.00 Å². The number of anilines is 1. The highest BCUT2D eigenvalue weighted by Gasteiger charge is 2.29. The SMILES string of the molecule is CC(C)OC(=O)c1c(NC(=O)c2cccs2)sc2c1CC[C@@H](C)C2. The van der Waals surface area contributed by atoms with E-state index in [2.05, 4.69) is 12.2 Å². The van der Waals surface area contributed by atoms with Gasteiger partial charge in [0.05, 0.1) is 16.5 Å². The fourth-order valence-corrected chi connectivity index (χ4v) is 4.91. The van der Waals surface area contributed by atoms with Crippen molar-refractivity contribution in [2.75, 3.05) is 5.32 Å². The first-order valence-corrected chi connectivity index (χ1v) is 9.85. The zero-order valence-corrected chi connectivity index (χ0v) is 15.7. The van der Waals surface area contributed by atoms with E-state index in [1.807, 2.05) is 25.3 Å². The van der Waals surface area contributed by atoms with Gasteiger partial charge < -0.3 is 10.1 Å². The molecule has 1 aliphatic carbocycles. The van der Waals surface area contributed by atoms with E-state index < -0.39 is 0 Å². The molecule has 3 rings (SSSR count). The van der Waals surface area contributed by atoms with Gasteiger partial charge in [0.25, 0.3) is 5.91 Å². The fraction of sp³-hybridized carbons (Fsp3) is 0.444. The molecule has 0 bridgehead atoms. The van der Waals surface area contributed by atoms with E-state index in [1.54, 1.807) is 6.07 Å². The van der Waals surface area contributed by atoms with Crippen molar-refractivity contribution in [3.8, 4) is 0 Å². The molecule has 2 heterocycles. The molecule has 1 atom stereocenters. The molecule has 0 unspecified atom stereocenters. The lowest BCUT2D eigenvalue weighted by Crippen LogP contribution is -2.18. The monoisotopic (exact) mass is 363 g/mol. The molecule has 0 fully saturated rings. The summed E-state index contributed by atoms with van der Waals surface area (Å²) in [4.78, 5) is 26.8. The molecule has 24 heavy (non-hydrogen) atoms. The van der Waals surface area contributed by atoms with Gasteiger partial charge in [-0.3, -0.25) is 4.79 Å². The van der Waals surface area contributed by atoms with Crippen LogP contribution in [-0.2, 0) is 17.6 Å². The van der Waals surface area contributed by atoms with Crippen LogP contribution < -0.4 is 5.32 Å². The van der Waals surface area contributed by atoms with E-state index in [0.717, 1.165) is 24.8 Å². The molecule has 0 radical (unpaired) electrons. The van der Waals surface area contributed by atoms with Gasteiger partial charge in [-0.05, 0) is 56.0 Å². The minimum atomic E-state index is -0.335. The number of hydrogen-bond acceptors (Lipinski definition) is 5. The van der Waals surface area contributed by atoms with Gasteiger partial charge in [0.2, 0.25) is 0 Å². The molecule has 0 saturated carbocycles. The van der Waals surface area contributed by atoms with Crippen molar-refractivity contribution in [3.05, 3.63) is 38.4 Å². The molecule has 0 aromatic carbocycles. The van der Waals surface area contributed by atoms with Crippen molar-refractivity contribution in [2.24, 2.45) is 5.92 Å². The van der Waals surface area contributed by atoms with Gasteiger partial charge in [-0.25, -0.2) is 4.79 Å². The number of carbonyl (C=O) groups excluding carboxylic acids is 2. The maximum Gasteiger partial charge on any atom is 0.341 e. The van der Waals surface area contributed by atoms with Gasteiger partial charge in [0, 0.05) is 4.88 Å². The van der Waals surface area contributed by atoms with Crippen LogP contribution in [-0.4, -0.2) is 18.0 Å².